The number of amides is 1. The number of nitrogens with zero attached hydrogens (tertiary/aromatic N) is 6. The topological polar surface area (TPSA) is 144 Å². The number of carbonyl (C=O) groups is 1. The number of nitrogens with two attached hydrogens (primary N) is 1. The fraction of sp³-hybridized carbons (Fsp3) is 0.273. The maximum absolute atomic E-state index is 13.6. The van der Waals surface area contributed by atoms with Crippen LogP contribution in [-0.4, -0.2) is 52.7 Å². The van der Waals surface area contributed by atoms with Crippen molar-refractivity contribution in [1.82, 2.24) is 29.5 Å². The highest BCUT2D eigenvalue weighted by molar-refractivity contribution is 6.09. The normalized spacial score (nSPS) is 17.7. The third-order valence-electron chi connectivity index (χ3n) is 6.20. The average Bonchev–Trinajstić information content (AvgIpc) is 3.39. The highest BCUT2D eigenvalue weighted by Gasteiger charge is 2.56. The van der Waals surface area contributed by atoms with Crippen LogP contribution in [0.1, 0.15) is 30.2 Å². The highest BCUT2D eigenvalue weighted by Crippen LogP contribution is 2.45. The second kappa shape index (κ2) is 8.04. The van der Waals surface area contributed by atoms with E-state index in [0.29, 0.717) is 5.56 Å². The van der Waals surface area contributed by atoms with Crippen LogP contribution in [-0.2, 0) is 16.6 Å². The zero-order valence-corrected chi connectivity index (χ0v) is 18.9. The van der Waals surface area contributed by atoms with E-state index in [1.165, 1.54) is 18.3 Å². The molecule has 1 atom stereocenters. The highest BCUT2D eigenvalue weighted by atomic mass is 19.4. The van der Waals surface area contributed by atoms with Gasteiger partial charge in [0.1, 0.15) is 34.8 Å². The van der Waals surface area contributed by atoms with E-state index in [1.54, 1.807) is 19.1 Å². The van der Waals surface area contributed by atoms with Crippen molar-refractivity contribution in [3.8, 4) is 17.3 Å². The van der Waals surface area contributed by atoms with Crippen molar-refractivity contribution in [2.45, 2.75) is 37.3 Å². The molecule has 0 spiro atoms. The van der Waals surface area contributed by atoms with Crippen molar-refractivity contribution in [1.29, 1.82) is 0 Å². The number of phenolic OH excluding ortho intramolecular Hbond substituents is 1. The molecule has 4 N–H and O–H groups in total. The van der Waals surface area contributed by atoms with E-state index < -0.39 is 36.3 Å². The minimum Gasteiger partial charge on any atom is -0.508 e. The lowest BCUT2D eigenvalue weighted by Crippen LogP contribution is -2.36. The molecule has 10 nitrogen and oxygen atoms in total. The van der Waals surface area contributed by atoms with Crippen LogP contribution < -0.4 is 11.1 Å². The first-order chi connectivity index (χ1) is 17.3. The number of aromatic hydroxyl groups is 1. The van der Waals surface area contributed by atoms with Crippen molar-refractivity contribution in [3.63, 3.8) is 0 Å². The van der Waals surface area contributed by atoms with Gasteiger partial charge in [-0.3, -0.25) is 4.79 Å². The third kappa shape index (κ3) is 3.86. The SMILES string of the molecule is CC1(c2cccc(O)c2)C(=O)Nc2nc(-c3cn4ncnc4c(CCC(F)(F)C(F)(F)F)n3)nc(N)c21. The molecule has 0 saturated heterocycles. The first kappa shape index (κ1) is 24.3. The predicted octanol–water partition coefficient (Wildman–Crippen LogP) is 3.26. The second-order valence-corrected chi connectivity index (χ2v) is 8.59. The Morgan fingerprint density at radius 2 is 1.92 bits per heavy atom. The van der Waals surface area contributed by atoms with Gasteiger partial charge in [-0.25, -0.2) is 24.5 Å². The van der Waals surface area contributed by atoms with Crippen LogP contribution in [0.25, 0.3) is 17.2 Å². The summed E-state index contributed by atoms with van der Waals surface area (Å²) in [6.07, 6.45) is -5.64. The van der Waals surface area contributed by atoms with Gasteiger partial charge in [-0.2, -0.15) is 27.1 Å². The van der Waals surface area contributed by atoms with Gasteiger partial charge in [0.05, 0.1) is 17.5 Å². The molecule has 5 rings (SSSR count). The molecular weight excluding hydrogens is 503 g/mol. The largest absolute Gasteiger partial charge is 0.508 e. The van der Waals surface area contributed by atoms with Crippen molar-refractivity contribution in [3.05, 3.63) is 53.6 Å². The molecule has 15 heteroatoms. The van der Waals surface area contributed by atoms with Crippen LogP contribution in [0.2, 0.25) is 0 Å². The van der Waals surface area contributed by atoms with E-state index in [9.17, 15) is 31.9 Å². The van der Waals surface area contributed by atoms with Crippen LogP contribution >= 0.6 is 0 Å². The van der Waals surface area contributed by atoms with E-state index in [1.807, 2.05) is 0 Å². The molecule has 1 unspecified atom stereocenters. The summed E-state index contributed by atoms with van der Waals surface area (Å²) in [4.78, 5) is 29.6. The van der Waals surface area contributed by atoms with Crippen LogP contribution in [0.15, 0.2) is 36.8 Å². The summed E-state index contributed by atoms with van der Waals surface area (Å²) >= 11 is 0. The second-order valence-electron chi connectivity index (χ2n) is 8.59. The quantitative estimate of drug-likeness (QED) is 0.340. The van der Waals surface area contributed by atoms with Crippen molar-refractivity contribution < 1.29 is 31.9 Å². The van der Waals surface area contributed by atoms with Crippen LogP contribution in [0.4, 0.5) is 33.6 Å². The molecule has 1 aliphatic heterocycles. The summed E-state index contributed by atoms with van der Waals surface area (Å²) < 4.78 is 66.2. The van der Waals surface area contributed by atoms with Crippen molar-refractivity contribution in [2.24, 2.45) is 0 Å². The monoisotopic (exact) mass is 520 g/mol. The molecule has 0 aliphatic carbocycles. The number of hydrogen-bond donors (Lipinski definition) is 3. The number of halogens is 5. The fourth-order valence-corrected chi connectivity index (χ4v) is 4.20. The summed E-state index contributed by atoms with van der Waals surface area (Å²) in [6, 6.07) is 6.04. The Balaban J connectivity index is 1.57. The number of anilines is 2. The van der Waals surface area contributed by atoms with Gasteiger partial charge in [0.2, 0.25) is 5.91 Å². The maximum atomic E-state index is 13.6. The molecule has 0 saturated carbocycles. The Morgan fingerprint density at radius 3 is 2.62 bits per heavy atom. The number of rotatable bonds is 5. The molecule has 192 valence electrons. The Kier molecular flexibility index (Phi) is 5.28. The van der Waals surface area contributed by atoms with Gasteiger partial charge in [-0.1, -0.05) is 12.1 Å². The lowest BCUT2D eigenvalue weighted by molar-refractivity contribution is -0.284. The van der Waals surface area contributed by atoms with E-state index in [4.69, 9.17) is 5.73 Å². The smallest absolute Gasteiger partial charge is 0.453 e. The van der Waals surface area contributed by atoms with E-state index >= 15 is 0 Å². The first-order valence-corrected chi connectivity index (χ1v) is 10.7. The molecule has 0 fully saturated rings. The van der Waals surface area contributed by atoms with Gasteiger partial charge in [0.25, 0.3) is 0 Å². The molecule has 3 aromatic heterocycles. The van der Waals surface area contributed by atoms with Crippen LogP contribution in [0, 0.1) is 0 Å². The summed E-state index contributed by atoms with van der Waals surface area (Å²) in [6.45, 7) is 1.58. The van der Waals surface area contributed by atoms with E-state index in [0.717, 1.165) is 10.8 Å². The maximum Gasteiger partial charge on any atom is 0.453 e. The lowest BCUT2D eigenvalue weighted by Gasteiger charge is -2.23. The molecule has 4 aromatic rings. The van der Waals surface area contributed by atoms with Gasteiger partial charge >= 0.3 is 12.1 Å². The number of nitrogens with one attached hydrogen (secondary N) is 1. The summed E-state index contributed by atoms with van der Waals surface area (Å²) in [7, 11) is 0. The Bertz CT molecular complexity index is 1550. The molecule has 1 aliphatic rings. The number of carbonyl (C=O) groups excluding carboxylic acids is 1. The predicted molar refractivity (Wildman–Crippen MR) is 119 cm³/mol. The number of alkyl halides is 5. The number of aryl methyl sites for hydroxylation is 1. The number of phenols is 1. The zero-order chi connectivity index (χ0) is 26.8. The minimum atomic E-state index is -5.72. The Morgan fingerprint density at radius 1 is 1.16 bits per heavy atom. The van der Waals surface area contributed by atoms with Crippen molar-refractivity contribution in [2.75, 3.05) is 11.1 Å². The van der Waals surface area contributed by atoms with Gasteiger partial charge < -0.3 is 16.2 Å². The van der Waals surface area contributed by atoms with E-state index in [2.05, 4.69) is 30.4 Å². The standard InChI is InChI=1S/C22H17F5N8O2/c1-20(10-3-2-4-11(36)7-10)14-15(28)32-16(33-17(14)34-19(20)37)13-8-35-18(29-9-30-35)12(31-13)5-6-21(23,24)22(25,26)27/h2-4,7-9,36H,5-6H2,1H3,(H3,28,32,33,34,37). The first-order valence-electron chi connectivity index (χ1n) is 10.7. The fourth-order valence-electron chi connectivity index (χ4n) is 4.20. The Hall–Kier alpha value is -4.43. The van der Waals surface area contributed by atoms with Crippen molar-refractivity contribution >= 4 is 23.2 Å². The summed E-state index contributed by atoms with van der Waals surface area (Å²) in [5, 5.41) is 16.4. The lowest BCUT2D eigenvalue weighted by atomic mass is 9.77. The number of fused-ring (bicyclic) bond motifs is 2. The third-order valence-corrected chi connectivity index (χ3v) is 6.20. The summed E-state index contributed by atoms with van der Waals surface area (Å²) in [5.74, 6) is -5.65. The number of aromatic nitrogens is 6. The molecule has 37 heavy (non-hydrogen) atoms. The minimum absolute atomic E-state index is 0.0133. The molecule has 4 heterocycles. The number of nitrogen functional groups attached to an aromatic ring is 1. The van der Waals surface area contributed by atoms with Gasteiger partial charge in [-0.05, 0) is 31.0 Å². The van der Waals surface area contributed by atoms with Crippen LogP contribution in [0.3, 0.4) is 0 Å². The average molecular weight is 520 g/mol. The molecule has 0 bridgehead atoms. The number of hydrogen-bond acceptors (Lipinski definition) is 8. The van der Waals surface area contributed by atoms with Gasteiger partial charge in [0, 0.05) is 6.42 Å². The Labute approximate surface area is 204 Å². The molecular formula is C22H17F5N8O2. The van der Waals surface area contributed by atoms with Gasteiger partial charge in [-0.15, -0.1) is 0 Å². The van der Waals surface area contributed by atoms with Crippen LogP contribution in [0.5, 0.6) is 5.75 Å². The van der Waals surface area contributed by atoms with E-state index in [-0.39, 0.29) is 45.8 Å². The zero-order valence-electron chi connectivity index (χ0n) is 18.9. The summed E-state index contributed by atoms with van der Waals surface area (Å²) in [5.41, 5.74) is 5.33. The molecule has 0 radical (unpaired) electrons. The van der Waals surface area contributed by atoms with Gasteiger partial charge in [0.15, 0.2) is 11.5 Å². The molecule has 1 amide bonds. The number of benzene rings is 1. The molecule has 1 aromatic carbocycles.